The number of carbonyl (C=O) groups is 1. The molecular weight excluding hydrogens is 240 g/mol. The Labute approximate surface area is 114 Å². The predicted octanol–water partition coefficient (Wildman–Crippen LogP) is 1.59. The topological polar surface area (TPSA) is 41.6 Å². The first kappa shape index (κ1) is 13.9. The van der Waals surface area contributed by atoms with Gasteiger partial charge in [0.05, 0.1) is 7.11 Å². The summed E-state index contributed by atoms with van der Waals surface area (Å²) in [5.74, 6) is -0.190. The SMILES string of the molecule is CCNC(CN1CCCc2ccccc21)C(=O)OC. The van der Waals surface area contributed by atoms with E-state index < -0.39 is 0 Å². The van der Waals surface area contributed by atoms with E-state index in [1.807, 2.05) is 6.92 Å². The molecule has 0 radical (unpaired) electrons. The molecule has 1 N–H and O–H groups in total. The van der Waals surface area contributed by atoms with Crippen molar-refractivity contribution in [1.82, 2.24) is 5.32 Å². The average Bonchev–Trinajstić information content (AvgIpc) is 2.46. The first-order valence-electron chi connectivity index (χ1n) is 6.90. The minimum Gasteiger partial charge on any atom is -0.468 e. The Balaban J connectivity index is 2.12. The molecule has 1 aliphatic heterocycles. The van der Waals surface area contributed by atoms with Crippen LogP contribution in [0.15, 0.2) is 24.3 Å². The Hall–Kier alpha value is -1.55. The van der Waals surface area contributed by atoms with E-state index in [4.69, 9.17) is 4.74 Å². The third-order valence-corrected chi connectivity index (χ3v) is 3.55. The van der Waals surface area contributed by atoms with Gasteiger partial charge in [-0.05, 0) is 31.0 Å². The Bertz CT molecular complexity index is 434. The third kappa shape index (κ3) is 3.26. The molecule has 1 atom stereocenters. The van der Waals surface area contributed by atoms with E-state index in [1.54, 1.807) is 0 Å². The van der Waals surface area contributed by atoms with E-state index in [9.17, 15) is 4.79 Å². The van der Waals surface area contributed by atoms with E-state index in [0.717, 1.165) is 25.9 Å². The first-order valence-corrected chi connectivity index (χ1v) is 6.90. The Morgan fingerprint density at radius 3 is 3.00 bits per heavy atom. The number of nitrogens with one attached hydrogen (secondary N) is 1. The van der Waals surface area contributed by atoms with Crippen molar-refractivity contribution in [3.8, 4) is 0 Å². The van der Waals surface area contributed by atoms with Crippen molar-refractivity contribution in [3.63, 3.8) is 0 Å². The average molecular weight is 262 g/mol. The van der Waals surface area contributed by atoms with E-state index >= 15 is 0 Å². The van der Waals surface area contributed by atoms with Crippen LogP contribution in [0.3, 0.4) is 0 Å². The molecule has 1 aromatic carbocycles. The summed E-state index contributed by atoms with van der Waals surface area (Å²) < 4.78 is 4.87. The third-order valence-electron chi connectivity index (χ3n) is 3.55. The molecule has 1 aromatic rings. The highest BCUT2D eigenvalue weighted by Crippen LogP contribution is 2.26. The van der Waals surface area contributed by atoms with Crippen molar-refractivity contribution >= 4 is 11.7 Å². The van der Waals surface area contributed by atoms with Gasteiger partial charge >= 0.3 is 5.97 Å². The first-order chi connectivity index (χ1) is 9.26. The van der Waals surface area contributed by atoms with Gasteiger partial charge in [-0.15, -0.1) is 0 Å². The number of carbonyl (C=O) groups excluding carboxylic acids is 1. The summed E-state index contributed by atoms with van der Waals surface area (Å²) in [6, 6.07) is 8.17. The van der Waals surface area contributed by atoms with E-state index in [-0.39, 0.29) is 12.0 Å². The van der Waals surface area contributed by atoms with Crippen molar-refractivity contribution in [2.75, 3.05) is 31.6 Å². The summed E-state index contributed by atoms with van der Waals surface area (Å²) in [4.78, 5) is 14.1. The highest BCUT2D eigenvalue weighted by molar-refractivity contribution is 5.76. The lowest BCUT2D eigenvalue weighted by molar-refractivity contribution is -0.142. The lowest BCUT2D eigenvalue weighted by Crippen LogP contribution is -2.48. The molecule has 0 amide bonds. The zero-order chi connectivity index (χ0) is 13.7. The zero-order valence-electron chi connectivity index (χ0n) is 11.7. The van der Waals surface area contributed by atoms with Gasteiger partial charge in [0.15, 0.2) is 0 Å². The number of esters is 1. The van der Waals surface area contributed by atoms with Crippen LogP contribution in [0.4, 0.5) is 5.69 Å². The normalized spacial score (nSPS) is 15.8. The molecule has 0 saturated carbocycles. The number of ether oxygens (including phenoxy) is 1. The second-order valence-corrected chi connectivity index (χ2v) is 4.81. The van der Waals surface area contributed by atoms with Crippen LogP contribution in [0.1, 0.15) is 18.9 Å². The molecule has 1 unspecified atom stereocenters. The molecule has 1 aliphatic rings. The maximum atomic E-state index is 11.8. The number of benzene rings is 1. The van der Waals surface area contributed by atoms with Gasteiger partial charge in [-0.2, -0.15) is 0 Å². The number of methoxy groups -OCH3 is 1. The number of likely N-dealkylation sites (N-methyl/N-ethyl adjacent to an activating group) is 1. The number of hydrogen-bond acceptors (Lipinski definition) is 4. The molecule has 0 aromatic heterocycles. The van der Waals surface area contributed by atoms with Gasteiger partial charge in [-0.3, -0.25) is 4.79 Å². The lowest BCUT2D eigenvalue weighted by atomic mass is 10.0. The maximum absolute atomic E-state index is 11.8. The largest absolute Gasteiger partial charge is 0.468 e. The monoisotopic (exact) mass is 262 g/mol. The fourth-order valence-corrected chi connectivity index (χ4v) is 2.63. The van der Waals surface area contributed by atoms with E-state index in [1.165, 1.54) is 18.4 Å². The number of rotatable bonds is 5. The molecule has 1 heterocycles. The summed E-state index contributed by atoms with van der Waals surface area (Å²) >= 11 is 0. The smallest absolute Gasteiger partial charge is 0.324 e. The molecule has 0 spiro atoms. The van der Waals surface area contributed by atoms with Gasteiger partial charge in [-0.25, -0.2) is 0 Å². The zero-order valence-corrected chi connectivity index (χ0v) is 11.7. The van der Waals surface area contributed by atoms with E-state index in [2.05, 4.69) is 34.5 Å². The number of hydrogen-bond donors (Lipinski definition) is 1. The molecule has 0 saturated heterocycles. The van der Waals surface area contributed by atoms with Gasteiger partial charge in [0.1, 0.15) is 6.04 Å². The minimum atomic E-state index is -0.263. The van der Waals surface area contributed by atoms with E-state index in [0.29, 0.717) is 6.54 Å². The fourth-order valence-electron chi connectivity index (χ4n) is 2.63. The number of nitrogens with zero attached hydrogens (tertiary/aromatic N) is 1. The van der Waals surface area contributed by atoms with Crippen LogP contribution in [0.5, 0.6) is 0 Å². The Kier molecular flexibility index (Phi) is 4.80. The number of para-hydroxylation sites is 1. The summed E-state index contributed by atoms with van der Waals surface area (Å²) in [6.07, 6.45) is 2.26. The van der Waals surface area contributed by atoms with Gasteiger partial charge in [0.25, 0.3) is 0 Å². The van der Waals surface area contributed by atoms with Crippen molar-refractivity contribution in [2.24, 2.45) is 0 Å². The summed E-state index contributed by atoms with van der Waals surface area (Å²) in [7, 11) is 1.44. The summed E-state index contributed by atoms with van der Waals surface area (Å²) in [5.41, 5.74) is 2.62. The van der Waals surface area contributed by atoms with Crippen molar-refractivity contribution < 1.29 is 9.53 Å². The summed E-state index contributed by atoms with van der Waals surface area (Å²) in [6.45, 7) is 4.42. The number of aryl methyl sites for hydroxylation is 1. The van der Waals surface area contributed by atoms with Crippen LogP contribution in [0, 0.1) is 0 Å². The van der Waals surface area contributed by atoms with Gasteiger partial charge in [0, 0.05) is 18.8 Å². The molecule has 0 fully saturated rings. The van der Waals surface area contributed by atoms with Crippen molar-refractivity contribution in [3.05, 3.63) is 29.8 Å². The second kappa shape index (κ2) is 6.57. The van der Waals surface area contributed by atoms with Crippen LogP contribution in [0.2, 0.25) is 0 Å². The highest BCUT2D eigenvalue weighted by Gasteiger charge is 2.24. The predicted molar refractivity (Wildman–Crippen MR) is 76.5 cm³/mol. The fraction of sp³-hybridized carbons (Fsp3) is 0.533. The molecular formula is C15H22N2O2. The minimum absolute atomic E-state index is 0.190. The van der Waals surface area contributed by atoms with Crippen LogP contribution in [-0.2, 0) is 16.0 Å². The van der Waals surface area contributed by atoms with Crippen LogP contribution in [-0.4, -0.2) is 38.8 Å². The molecule has 2 rings (SSSR count). The highest BCUT2D eigenvalue weighted by atomic mass is 16.5. The van der Waals surface area contributed by atoms with Gasteiger partial charge in [-0.1, -0.05) is 25.1 Å². The molecule has 4 heteroatoms. The lowest BCUT2D eigenvalue weighted by Gasteiger charge is -2.33. The number of fused-ring (bicyclic) bond motifs is 1. The van der Waals surface area contributed by atoms with Gasteiger partial charge in [0.2, 0.25) is 0 Å². The van der Waals surface area contributed by atoms with Crippen molar-refractivity contribution in [1.29, 1.82) is 0 Å². The summed E-state index contributed by atoms with van der Waals surface area (Å²) in [5, 5.41) is 3.20. The molecule has 0 aliphatic carbocycles. The standard InChI is InChI=1S/C15H22N2O2/c1-3-16-13(15(18)19-2)11-17-10-6-8-12-7-4-5-9-14(12)17/h4-5,7,9,13,16H,3,6,8,10-11H2,1-2H3. The molecule has 4 nitrogen and oxygen atoms in total. The van der Waals surface area contributed by atoms with Crippen molar-refractivity contribution in [2.45, 2.75) is 25.8 Å². The Morgan fingerprint density at radius 1 is 1.47 bits per heavy atom. The van der Waals surface area contributed by atoms with Crippen LogP contribution >= 0.6 is 0 Å². The molecule has 104 valence electrons. The maximum Gasteiger partial charge on any atom is 0.324 e. The quantitative estimate of drug-likeness (QED) is 0.818. The molecule has 19 heavy (non-hydrogen) atoms. The number of anilines is 1. The van der Waals surface area contributed by atoms with Crippen LogP contribution in [0.25, 0.3) is 0 Å². The molecule has 0 bridgehead atoms. The van der Waals surface area contributed by atoms with Gasteiger partial charge < -0.3 is 15.0 Å². The Morgan fingerprint density at radius 2 is 2.26 bits per heavy atom. The van der Waals surface area contributed by atoms with Crippen LogP contribution < -0.4 is 10.2 Å². The second-order valence-electron chi connectivity index (χ2n) is 4.81.